The zero-order valence-electron chi connectivity index (χ0n) is 13.5. The molecule has 6 N–H and O–H groups in total. The van der Waals surface area contributed by atoms with Crippen LogP contribution in [0.5, 0.6) is 0 Å². The Balaban J connectivity index is 2.96. The maximum absolute atomic E-state index is 11.7. The molecule has 132 valence electrons. The molecule has 1 rings (SSSR count). The van der Waals surface area contributed by atoms with Crippen molar-refractivity contribution in [2.24, 2.45) is 10.7 Å². The molecule has 0 fully saturated rings. The number of nitrogens with two attached hydrogens (primary N) is 1. The molecule has 0 bridgehead atoms. The van der Waals surface area contributed by atoms with Crippen LogP contribution in [0.2, 0.25) is 0 Å². The number of rotatable bonds is 7. The van der Waals surface area contributed by atoms with E-state index in [0.29, 0.717) is 20.9 Å². The highest BCUT2D eigenvalue weighted by Crippen LogP contribution is 2.15. The lowest BCUT2D eigenvalue weighted by Gasteiger charge is -2.15. The molecular weight excluding hydrogens is 394 g/mol. The van der Waals surface area contributed by atoms with Gasteiger partial charge in [0.15, 0.2) is 5.96 Å². The Hall–Kier alpha value is -1.84. The molecule has 1 unspecified atom stereocenters. The van der Waals surface area contributed by atoms with Crippen LogP contribution in [0.25, 0.3) is 0 Å². The van der Waals surface area contributed by atoms with Gasteiger partial charge in [0.25, 0.3) is 0 Å². The van der Waals surface area contributed by atoms with Crippen molar-refractivity contribution >= 4 is 37.3 Å². The monoisotopic (exact) mass is 415 g/mol. The fourth-order valence-electron chi connectivity index (χ4n) is 1.62. The van der Waals surface area contributed by atoms with E-state index in [1.54, 1.807) is 37.3 Å². The molecule has 0 heterocycles. The first kappa shape index (κ1) is 20.2. The van der Waals surface area contributed by atoms with Crippen LogP contribution in [0, 0.1) is 4.78 Å². The molecule has 0 spiro atoms. The lowest BCUT2D eigenvalue weighted by molar-refractivity contribution is 0.258. The van der Waals surface area contributed by atoms with Gasteiger partial charge in [0.2, 0.25) is 0 Å². The van der Waals surface area contributed by atoms with Gasteiger partial charge in [-0.2, -0.15) is 4.99 Å². The number of allylic oxidation sites excluding steroid dienone is 2. The Bertz CT molecular complexity index is 742. The van der Waals surface area contributed by atoms with E-state index in [1.807, 2.05) is 0 Å². The molecule has 0 amide bonds. The number of aliphatic hydroxyl groups excluding tert-OH is 1. The second-order valence-electron chi connectivity index (χ2n) is 5.12. The number of aliphatic imine (C=N–C) groups is 1. The molecule has 0 aliphatic heterocycles. The molecule has 0 saturated carbocycles. The highest BCUT2D eigenvalue weighted by atomic mass is 79.9. The minimum Gasteiger partial charge on any atom is -0.394 e. The van der Waals surface area contributed by atoms with Crippen LogP contribution >= 0.6 is 15.9 Å². The van der Waals surface area contributed by atoms with Crippen LogP contribution in [-0.2, 0) is 9.73 Å². The Morgan fingerprint density at radius 1 is 1.54 bits per heavy atom. The normalized spacial score (nSPS) is 16.6. The smallest absolute Gasteiger partial charge is 0.199 e. The SMILES string of the molecule is C=C/C(Br)=C(\N=C(/N)Nc1ccc(S(C)(=N)=O)cc1)N[C@H](C)CO. The summed E-state index contributed by atoms with van der Waals surface area (Å²) in [5.74, 6) is 0.549. The topological polar surface area (TPSA) is 124 Å². The van der Waals surface area contributed by atoms with Gasteiger partial charge >= 0.3 is 0 Å². The molecule has 0 aliphatic carbocycles. The van der Waals surface area contributed by atoms with Crippen LogP contribution in [0.1, 0.15) is 6.92 Å². The van der Waals surface area contributed by atoms with Crippen LogP contribution in [-0.4, -0.2) is 34.2 Å². The molecule has 7 nitrogen and oxygen atoms in total. The Morgan fingerprint density at radius 2 is 2.12 bits per heavy atom. The van der Waals surface area contributed by atoms with E-state index in [0.717, 1.165) is 0 Å². The number of benzene rings is 1. The maximum Gasteiger partial charge on any atom is 0.199 e. The van der Waals surface area contributed by atoms with Crippen molar-refractivity contribution in [1.29, 1.82) is 4.78 Å². The summed E-state index contributed by atoms with van der Waals surface area (Å²) in [6.07, 6.45) is 2.92. The van der Waals surface area contributed by atoms with Crippen molar-refractivity contribution in [3.05, 3.63) is 47.2 Å². The van der Waals surface area contributed by atoms with E-state index < -0.39 is 9.73 Å². The van der Waals surface area contributed by atoms with E-state index in [4.69, 9.17) is 15.6 Å². The molecule has 0 aromatic heterocycles. The Labute approximate surface area is 150 Å². The molecular formula is C15H22BrN5O2S. The molecule has 2 atom stereocenters. The molecule has 0 saturated heterocycles. The largest absolute Gasteiger partial charge is 0.394 e. The first-order valence-electron chi connectivity index (χ1n) is 7.02. The number of aliphatic hydroxyl groups is 1. The Kier molecular flexibility index (Phi) is 7.46. The second-order valence-corrected chi connectivity index (χ2v) is 8.13. The van der Waals surface area contributed by atoms with Crippen molar-refractivity contribution < 1.29 is 9.32 Å². The van der Waals surface area contributed by atoms with Crippen molar-refractivity contribution in [2.45, 2.75) is 17.9 Å². The number of nitrogens with one attached hydrogen (secondary N) is 3. The summed E-state index contributed by atoms with van der Waals surface area (Å²) < 4.78 is 19.8. The molecule has 1 aromatic carbocycles. The van der Waals surface area contributed by atoms with Crippen molar-refractivity contribution in [3.63, 3.8) is 0 Å². The van der Waals surface area contributed by atoms with E-state index in [-0.39, 0.29) is 18.6 Å². The predicted molar refractivity (Wildman–Crippen MR) is 103 cm³/mol. The zero-order valence-corrected chi connectivity index (χ0v) is 15.9. The third-order valence-electron chi connectivity index (χ3n) is 2.87. The van der Waals surface area contributed by atoms with Crippen molar-refractivity contribution in [3.8, 4) is 0 Å². The van der Waals surface area contributed by atoms with E-state index in [2.05, 4.69) is 38.1 Å². The van der Waals surface area contributed by atoms with Gasteiger partial charge < -0.3 is 21.5 Å². The molecule has 24 heavy (non-hydrogen) atoms. The minimum atomic E-state index is -2.75. The van der Waals surface area contributed by atoms with Crippen LogP contribution < -0.4 is 16.4 Å². The van der Waals surface area contributed by atoms with Gasteiger partial charge in [0.1, 0.15) is 5.82 Å². The zero-order chi connectivity index (χ0) is 18.3. The van der Waals surface area contributed by atoms with Gasteiger partial charge in [0, 0.05) is 22.9 Å². The Morgan fingerprint density at radius 3 is 2.58 bits per heavy atom. The van der Waals surface area contributed by atoms with Crippen LogP contribution in [0.4, 0.5) is 5.69 Å². The summed E-state index contributed by atoms with van der Waals surface area (Å²) >= 11 is 3.32. The first-order chi connectivity index (χ1) is 11.2. The van der Waals surface area contributed by atoms with Gasteiger partial charge in [-0.3, -0.25) is 0 Å². The summed E-state index contributed by atoms with van der Waals surface area (Å²) in [4.78, 5) is 4.67. The van der Waals surface area contributed by atoms with Crippen LogP contribution in [0.3, 0.4) is 0 Å². The lowest BCUT2D eigenvalue weighted by Crippen LogP contribution is -2.31. The van der Waals surface area contributed by atoms with Gasteiger partial charge in [0.05, 0.1) is 20.8 Å². The van der Waals surface area contributed by atoms with E-state index in [9.17, 15) is 4.21 Å². The van der Waals surface area contributed by atoms with E-state index >= 15 is 0 Å². The highest BCUT2D eigenvalue weighted by molar-refractivity contribution is 9.11. The fourth-order valence-corrected chi connectivity index (χ4v) is 2.48. The molecule has 0 radical (unpaired) electrons. The minimum absolute atomic E-state index is 0.0609. The molecule has 0 aliphatic rings. The average molecular weight is 416 g/mol. The summed E-state index contributed by atoms with van der Waals surface area (Å²) in [5, 5.41) is 15.0. The van der Waals surface area contributed by atoms with Gasteiger partial charge in [-0.25, -0.2) is 8.99 Å². The number of hydrogen-bond donors (Lipinski definition) is 5. The summed E-state index contributed by atoms with van der Waals surface area (Å²) in [6, 6.07) is 6.34. The van der Waals surface area contributed by atoms with Gasteiger partial charge in [-0.1, -0.05) is 12.7 Å². The number of halogens is 1. The fraction of sp³-hybridized carbons (Fsp3) is 0.267. The summed E-state index contributed by atoms with van der Waals surface area (Å²) in [6.45, 7) is 5.39. The van der Waals surface area contributed by atoms with Crippen LogP contribution in [0.15, 0.2) is 57.1 Å². The summed E-state index contributed by atoms with van der Waals surface area (Å²) in [7, 11) is -2.75. The highest BCUT2D eigenvalue weighted by Gasteiger charge is 2.07. The van der Waals surface area contributed by atoms with Crippen molar-refractivity contribution in [2.75, 3.05) is 18.2 Å². The third-order valence-corrected chi connectivity index (χ3v) is 4.74. The molecule has 9 heteroatoms. The van der Waals surface area contributed by atoms with Gasteiger partial charge in [-0.15, -0.1) is 0 Å². The maximum atomic E-state index is 11.7. The number of nitrogens with zero attached hydrogens (tertiary/aromatic N) is 1. The number of guanidine groups is 1. The standard InChI is InChI=1S/C15H22BrN5O2S/c1-4-13(16)14(19-10(2)9-22)21-15(17)20-11-5-7-12(8-6-11)24(3,18)23/h4-8,10,18-19,22H,1,9H2,2-3H3,(H3,17,20,21)/b14-13+/t10-,24?/m1/s1. The quantitative estimate of drug-likeness (QED) is 0.265. The second kappa shape index (κ2) is 8.86. The first-order valence-corrected chi connectivity index (χ1v) is 9.78. The lowest BCUT2D eigenvalue weighted by atomic mass is 10.3. The van der Waals surface area contributed by atoms with Gasteiger partial charge in [-0.05, 0) is 47.1 Å². The average Bonchev–Trinajstić information content (AvgIpc) is 2.52. The number of anilines is 1. The third kappa shape index (κ3) is 6.34. The molecule has 1 aromatic rings. The van der Waals surface area contributed by atoms with E-state index in [1.165, 1.54) is 6.26 Å². The number of hydrogen-bond acceptors (Lipinski definition) is 5. The van der Waals surface area contributed by atoms with Crippen molar-refractivity contribution in [1.82, 2.24) is 5.32 Å². The predicted octanol–water partition coefficient (Wildman–Crippen LogP) is 2.17. The summed E-state index contributed by atoms with van der Waals surface area (Å²) in [5.41, 5.74) is 6.54.